The lowest BCUT2D eigenvalue weighted by atomic mass is 9.44. The first kappa shape index (κ1) is 34.4. The van der Waals surface area contributed by atoms with E-state index >= 15 is 8.78 Å². The van der Waals surface area contributed by atoms with Crippen molar-refractivity contribution in [1.82, 2.24) is 0 Å². The molecule has 2 heterocycles. The van der Waals surface area contributed by atoms with Crippen LogP contribution in [0.3, 0.4) is 0 Å². The third kappa shape index (κ3) is 4.98. The molecule has 1 aliphatic heterocycles. The number of allylic oxidation sites excluding steroid dienone is 4. The van der Waals surface area contributed by atoms with E-state index in [0.29, 0.717) is 23.4 Å². The first-order valence-corrected chi connectivity index (χ1v) is 17.6. The van der Waals surface area contributed by atoms with Crippen LogP contribution in [0.2, 0.25) is 0 Å². The number of nitrogen functional groups attached to an aromatic ring is 1. The number of Topliss-reactive ketones (excluding diaryl/α,β-unsaturated/α-hetero) is 1. The Morgan fingerprint density at radius 2 is 1.92 bits per heavy atom. The van der Waals surface area contributed by atoms with Gasteiger partial charge < -0.3 is 39.6 Å². The van der Waals surface area contributed by atoms with Crippen LogP contribution in [0.25, 0.3) is 0 Å². The summed E-state index contributed by atoms with van der Waals surface area (Å²) in [6, 6.07) is 8.48. The third-order valence-electron chi connectivity index (χ3n) is 11.8. The van der Waals surface area contributed by atoms with E-state index in [0.717, 1.165) is 11.6 Å². The summed E-state index contributed by atoms with van der Waals surface area (Å²) in [6.45, 7) is 1.80. The number of furan rings is 1. The number of carbonyl (C=O) groups excluding carboxylic acids is 2. The minimum atomic E-state index is -5.11. The molecule has 264 valence electrons. The number of hydrogen-bond acceptors (Lipinski definition) is 10. The number of nitrogens with two attached hydrogens (primary N) is 1. The number of phosphoric ester groups is 1. The largest absolute Gasteiger partial charge is 0.470 e. The number of alkyl halides is 2. The fourth-order valence-corrected chi connectivity index (χ4v) is 9.83. The number of rotatable bonds is 8. The molecule has 12 nitrogen and oxygen atoms in total. The lowest BCUT2D eigenvalue weighted by molar-refractivity contribution is -0.236. The van der Waals surface area contributed by atoms with Gasteiger partial charge in [0.2, 0.25) is 6.29 Å². The molecule has 15 heteroatoms. The average Bonchev–Trinajstić information content (AvgIpc) is 3.71. The molecule has 1 saturated heterocycles. The predicted molar refractivity (Wildman–Crippen MR) is 167 cm³/mol. The zero-order valence-electron chi connectivity index (χ0n) is 26.8. The monoisotopic (exact) mass is 705 g/mol. The van der Waals surface area contributed by atoms with Crippen molar-refractivity contribution in [2.45, 2.75) is 82.1 Å². The quantitative estimate of drug-likeness (QED) is 0.197. The van der Waals surface area contributed by atoms with E-state index in [4.69, 9.17) is 19.6 Å². The van der Waals surface area contributed by atoms with E-state index in [2.05, 4.69) is 4.52 Å². The molecule has 0 radical (unpaired) electrons. The summed E-state index contributed by atoms with van der Waals surface area (Å²) in [7, 11) is -5.11. The molecule has 0 spiro atoms. The number of halogens is 2. The van der Waals surface area contributed by atoms with Crippen LogP contribution in [0.1, 0.15) is 62.0 Å². The molecule has 0 amide bonds. The van der Waals surface area contributed by atoms with Gasteiger partial charge in [-0.05, 0) is 73.6 Å². The number of ether oxygens (including phenoxy) is 2. The first-order valence-electron chi connectivity index (χ1n) is 16.1. The predicted octanol–water partition coefficient (Wildman–Crippen LogP) is 3.70. The standard InChI is InChI=1S/C34H38F2NO11P/c1-31-8-7-19(39)11-23(31)24(35)12-22-21-13-29-34(28(41)16-45-49(42,43)44,32(21,2)14-27(40)33(22,31)36)48-30(47-29)26-6-5-20(46-26)9-17-3-4-18(15-38)25(37)10-17/h3-8,10-11,21-22,24,27,29-30,38,40H,9,12-16,37H2,1-2H3,(H2,42,43,44)/t21-,22-,24-,27-,29+,30+,31-,32-,33-,34+/m0/s1. The van der Waals surface area contributed by atoms with E-state index in [9.17, 15) is 34.2 Å². The number of phosphoric acid groups is 1. The van der Waals surface area contributed by atoms with Crippen LogP contribution in [0.5, 0.6) is 0 Å². The molecule has 0 unspecified atom stereocenters. The number of hydrogen-bond donors (Lipinski definition) is 5. The average molecular weight is 706 g/mol. The lowest BCUT2D eigenvalue weighted by Gasteiger charge is -2.63. The summed E-state index contributed by atoms with van der Waals surface area (Å²) < 4.78 is 68.7. The van der Waals surface area contributed by atoms with Crippen LogP contribution in [0, 0.1) is 22.7 Å². The maximum Gasteiger partial charge on any atom is 0.470 e. The van der Waals surface area contributed by atoms with Gasteiger partial charge in [-0.15, -0.1) is 0 Å². The van der Waals surface area contributed by atoms with Gasteiger partial charge >= 0.3 is 7.82 Å². The molecule has 5 aliphatic rings. The highest BCUT2D eigenvalue weighted by atomic mass is 31.2. The smallest absolute Gasteiger partial charge is 0.460 e. The number of carbonyl (C=O) groups is 2. The first-order chi connectivity index (χ1) is 23.0. The summed E-state index contributed by atoms with van der Waals surface area (Å²) in [5, 5.41) is 21.2. The summed E-state index contributed by atoms with van der Waals surface area (Å²) in [6.07, 6.45) is -2.70. The molecule has 1 aromatic heterocycles. The number of fused-ring (bicyclic) bond motifs is 7. The van der Waals surface area contributed by atoms with Crippen LogP contribution in [-0.4, -0.2) is 67.8 Å². The number of anilines is 1. The second kappa shape index (κ2) is 11.5. The molecule has 3 saturated carbocycles. The Bertz CT molecular complexity index is 1820. The van der Waals surface area contributed by atoms with Gasteiger partial charge in [0.1, 0.15) is 18.5 Å². The van der Waals surface area contributed by atoms with Crippen molar-refractivity contribution in [3.05, 3.63) is 76.8 Å². The zero-order valence-corrected chi connectivity index (χ0v) is 27.6. The molecule has 6 N–H and O–H groups in total. The fourth-order valence-electron chi connectivity index (χ4n) is 9.54. The fraction of sp³-hybridized carbons (Fsp3) is 0.529. The van der Waals surface area contributed by atoms with Gasteiger partial charge in [-0.2, -0.15) is 0 Å². The van der Waals surface area contributed by atoms with E-state index in [1.807, 2.05) is 0 Å². The maximum absolute atomic E-state index is 17.7. The van der Waals surface area contributed by atoms with Gasteiger partial charge in [-0.1, -0.05) is 25.1 Å². The van der Waals surface area contributed by atoms with Crippen LogP contribution < -0.4 is 5.73 Å². The Kier molecular flexibility index (Phi) is 8.05. The van der Waals surface area contributed by atoms with E-state index < -0.39 is 84.6 Å². The van der Waals surface area contributed by atoms with Crippen molar-refractivity contribution >= 4 is 25.1 Å². The number of ketones is 2. The molecule has 1 aromatic carbocycles. The SMILES string of the molecule is C[C@]12C=CC(=O)C=C1[C@@H](F)C[C@H]1[C@@H]3C[C@H]4O[C@@H](c5ccc(Cc6ccc(CO)c(N)c6)o5)O[C@@]4(C(=O)COP(=O)(O)O)[C@@]3(C)C[C@H](O)[C@@]12F. The molecule has 4 fully saturated rings. The van der Waals surface area contributed by atoms with Crippen molar-refractivity contribution in [2.75, 3.05) is 12.3 Å². The Hall–Kier alpha value is -3.07. The lowest BCUT2D eigenvalue weighted by Crippen LogP contribution is -2.70. The summed E-state index contributed by atoms with van der Waals surface area (Å²) in [4.78, 5) is 45.2. The molecule has 0 bridgehead atoms. The second-order valence-corrected chi connectivity index (χ2v) is 15.5. The molecule has 4 aliphatic carbocycles. The molecular formula is C34H38F2NO11P. The zero-order chi connectivity index (χ0) is 35.3. The number of benzene rings is 1. The van der Waals surface area contributed by atoms with Gasteiger partial charge in [-0.3, -0.25) is 14.1 Å². The van der Waals surface area contributed by atoms with Crippen LogP contribution >= 0.6 is 7.82 Å². The van der Waals surface area contributed by atoms with Gasteiger partial charge in [-0.25, -0.2) is 13.3 Å². The minimum Gasteiger partial charge on any atom is -0.460 e. The van der Waals surface area contributed by atoms with Crippen molar-refractivity contribution < 1.29 is 61.3 Å². The van der Waals surface area contributed by atoms with Gasteiger partial charge in [0.25, 0.3) is 0 Å². The van der Waals surface area contributed by atoms with E-state index in [1.54, 1.807) is 37.3 Å². The summed E-state index contributed by atoms with van der Waals surface area (Å²) in [5.74, 6) is -2.64. The van der Waals surface area contributed by atoms with Gasteiger partial charge in [0, 0.05) is 34.4 Å². The third-order valence-corrected chi connectivity index (χ3v) is 12.3. The highest BCUT2D eigenvalue weighted by Gasteiger charge is 2.80. The highest BCUT2D eigenvalue weighted by Crippen LogP contribution is 2.72. The number of aliphatic hydroxyl groups excluding tert-OH is 2. The van der Waals surface area contributed by atoms with Crippen LogP contribution in [0.15, 0.2) is 58.6 Å². The normalized spacial score (nSPS) is 39.6. The van der Waals surface area contributed by atoms with Crippen LogP contribution in [0.4, 0.5) is 14.5 Å². The number of aliphatic hydroxyl groups is 2. The van der Waals surface area contributed by atoms with Gasteiger partial charge in [0.15, 0.2) is 28.6 Å². The maximum atomic E-state index is 17.7. The van der Waals surface area contributed by atoms with Crippen molar-refractivity contribution in [2.24, 2.45) is 22.7 Å². The van der Waals surface area contributed by atoms with Crippen molar-refractivity contribution in [3.63, 3.8) is 0 Å². The van der Waals surface area contributed by atoms with Crippen molar-refractivity contribution in [3.8, 4) is 0 Å². The van der Waals surface area contributed by atoms with E-state index in [1.165, 1.54) is 19.1 Å². The molecule has 49 heavy (non-hydrogen) atoms. The van der Waals surface area contributed by atoms with Gasteiger partial charge in [0.05, 0.1) is 18.8 Å². The summed E-state index contributed by atoms with van der Waals surface area (Å²) >= 11 is 0. The second-order valence-electron chi connectivity index (χ2n) is 14.3. The molecule has 10 atom stereocenters. The summed E-state index contributed by atoms with van der Waals surface area (Å²) in [5.41, 5.74) is 0.258. The minimum absolute atomic E-state index is 0.00769. The Balaban J connectivity index is 1.23. The van der Waals surface area contributed by atoms with Crippen LogP contribution in [-0.2, 0) is 41.2 Å². The topological polar surface area (TPSA) is 199 Å². The Morgan fingerprint density at radius 1 is 1.16 bits per heavy atom. The Labute approximate surface area is 280 Å². The van der Waals surface area contributed by atoms with Crippen molar-refractivity contribution in [1.29, 1.82) is 0 Å². The molecule has 2 aromatic rings. The van der Waals surface area contributed by atoms with E-state index in [-0.39, 0.29) is 37.2 Å². The molecular weight excluding hydrogens is 667 g/mol. The molecule has 7 rings (SSSR count). The highest BCUT2D eigenvalue weighted by molar-refractivity contribution is 7.46. The Morgan fingerprint density at radius 3 is 2.61 bits per heavy atom.